The highest BCUT2D eigenvalue weighted by atomic mass is 32.1. The molecule has 0 aliphatic heterocycles. The van der Waals surface area contributed by atoms with Crippen molar-refractivity contribution >= 4 is 17.3 Å². The Balaban J connectivity index is 1.97. The van der Waals surface area contributed by atoms with Crippen LogP contribution in [-0.4, -0.2) is 15.4 Å². The Kier molecular flexibility index (Phi) is 6.97. The largest absolute Gasteiger partial charge is 0.292 e. The fraction of sp³-hybridized carbons (Fsp3) is 0.750. The topological polar surface area (TPSA) is 42.9 Å². The first-order valence-corrected chi connectivity index (χ1v) is 6.98. The average molecular weight is 240 g/mol. The Hall–Kier alpha value is -0.770. The molecule has 0 saturated heterocycles. The minimum Gasteiger partial charge on any atom is -0.292 e. The molecule has 0 atom stereocenters. The van der Waals surface area contributed by atoms with Crippen molar-refractivity contribution in [2.45, 2.75) is 58.3 Å². The van der Waals surface area contributed by atoms with Gasteiger partial charge >= 0.3 is 0 Å². The van der Waals surface area contributed by atoms with Crippen LogP contribution in [0.4, 0.5) is 0 Å². The molecule has 1 aromatic rings. The highest BCUT2D eigenvalue weighted by molar-refractivity contribution is 7.03. The molecule has 16 heavy (non-hydrogen) atoms. The van der Waals surface area contributed by atoms with Gasteiger partial charge in [-0.3, -0.25) is 4.79 Å². The quantitative estimate of drug-likeness (QED) is 0.486. The first kappa shape index (κ1) is 13.3. The van der Waals surface area contributed by atoms with Gasteiger partial charge in [-0.05, 0) is 18.0 Å². The lowest BCUT2D eigenvalue weighted by atomic mass is 10.1. The van der Waals surface area contributed by atoms with Crippen molar-refractivity contribution in [3.63, 3.8) is 0 Å². The van der Waals surface area contributed by atoms with Gasteiger partial charge in [-0.15, -0.1) is 5.10 Å². The van der Waals surface area contributed by atoms with Crippen LogP contribution in [-0.2, 0) is 0 Å². The predicted molar refractivity (Wildman–Crippen MR) is 66.8 cm³/mol. The number of carbonyl (C=O) groups excluding carboxylic acids is 1. The summed E-state index contributed by atoms with van der Waals surface area (Å²) >= 11 is 1.24. The lowest BCUT2D eigenvalue weighted by Crippen LogP contribution is -1.99. The molecular formula is C12H20N2OS. The van der Waals surface area contributed by atoms with Crippen LogP contribution in [0.15, 0.2) is 5.38 Å². The van der Waals surface area contributed by atoms with Crippen molar-refractivity contribution in [2.24, 2.45) is 0 Å². The van der Waals surface area contributed by atoms with Gasteiger partial charge in [-0.2, -0.15) is 0 Å². The Morgan fingerprint density at radius 3 is 2.50 bits per heavy atom. The molecule has 0 fully saturated rings. The monoisotopic (exact) mass is 240 g/mol. The summed E-state index contributed by atoms with van der Waals surface area (Å²) in [6.07, 6.45) is 9.29. The summed E-state index contributed by atoms with van der Waals surface area (Å²) in [5.41, 5.74) is 0.538. The molecule has 0 aliphatic rings. The van der Waals surface area contributed by atoms with Crippen LogP contribution in [0.3, 0.4) is 0 Å². The van der Waals surface area contributed by atoms with Crippen molar-refractivity contribution in [3.8, 4) is 0 Å². The van der Waals surface area contributed by atoms with Gasteiger partial charge in [0.05, 0.1) is 0 Å². The fourth-order valence-corrected chi connectivity index (χ4v) is 2.12. The Labute approximate surface area is 101 Å². The van der Waals surface area contributed by atoms with E-state index in [-0.39, 0.29) is 5.78 Å². The van der Waals surface area contributed by atoms with E-state index in [1.165, 1.54) is 43.6 Å². The number of hydrogen-bond acceptors (Lipinski definition) is 4. The summed E-state index contributed by atoms with van der Waals surface area (Å²) in [5, 5.41) is 5.50. The Morgan fingerprint density at radius 2 is 1.88 bits per heavy atom. The van der Waals surface area contributed by atoms with Gasteiger partial charge in [0.1, 0.15) is 5.69 Å². The molecular weight excluding hydrogens is 220 g/mol. The van der Waals surface area contributed by atoms with Crippen LogP contribution in [0.5, 0.6) is 0 Å². The smallest absolute Gasteiger partial charge is 0.183 e. The van der Waals surface area contributed by atoms with Crippen molar-refractivity contribution in [3.05, 3.63) is 11.1 Å². The zero-order valence-corrected chi connectivity index (χ0v) is 10.8. The molecule has 0 aromatic carbocycles. The van der Waals surface area contributed by atoms with Gasteiger partial charge in [-0.25, -0.2) is 0 Å². The van der Waals surface area contributed by atoms with Gasteiger partial charge in [0.15, 0.2) is 5.78 Å². The van der Waals surface area contributed by atoms with Crippen molar-refractivity contribution in [2.75, 3.05) is 0 Å². The first-order valence-electron chi connectivity index (χ1n) is 6.15. The lowest BCUT2D eigenvalue weighted by molar-refractivity contribution is 0.0974. The minimum atomic E-state index is 0.141. The van der Waals surface area contributed by atoms with E-state index in [1.54, 1.807) is 5.38 Å². The molecule has 90 valence electrons. The number of Topliss-reactive ketones (excluding diaryl/α,β-unsaturated/α-hetero) is 1. The molecule has 0 spiro atoms. The summed E-state index contributed by atoms with van der Waals surface area (Å²) in [7, 11) is 0. The van der Waals surface area contributed by atoms with Crippen molar-refractivity contribution < 1.29 is 4.79 Å². The van der Waals surface area contributed by atoms with Gasteiger partial charge in [-0.1, -0.05) is 49.9 Å². The van der Waals surface area contributed by atoms with Gasteiger partial charge < -0.3 is 0 Å². The molecule has 4 heteroatoms. The van der Waals surface area contributed by atoms with Crippen molar-refractivity contribution in [1.29, 1.82) is 0 Å². The number of unbranched alkanes of at least 4 members (excludes halogenated alkanes) is 6. The van der Waals surface area contributed by atoms with Gasteiger partial charge in [0.2, 0.25) is 0 Å². The van der Waals surface area contributed by atoms with E-state index in [4.69, 9.17) is 0 Å². The molecule has 0 N–H and O–H groups in total. The Bertz CT molecular complexity index is 285. The summed E-state index contributed by atoms with van der Waals surface area (Å²) in [5.74, 6) is 0.141. The summed E-state index contributed by atoms with van der Waals surface area (Å²) in [6.45, 7) is 2.22. The van der Waals surface area contributed by atoms with Crippen LogP contribution < -0.4 is 0 Å². The summed E-state index contributed by atoms with van der Waals surface area (Å²) < 4.78 is 3.69. The molecule has 0 unspecified atom stereocenters. The standard InChI is InChI=1S/C12H20N2OS/c1-2-3-4-5-6-7-8-9-12(15)11-10-16-14-13-11/h10H,2-9H2,1H3. The number of aromatic nitrogens is 2. The normalized spacial score (nSPS) is 10.6. The Morgan fingerprint density at radius 1 is 1.19 bits per heavy atom. The highest BCUT2D eigenvalue weighted by Gasteiger charge is 2.07. The van der Waals surface area contributed by atoms with Crippen LogP contribution in [0.25, 0.3) is 0 Å². The third-order valence-electron chi connectivity index (χ3n) is 2.65. The zero-order valence-electron chi connectivity index (χ0n) is 9.95. The summed E-state index contributed by atoms with van der Waals surface area (Å²) in [4.78, 5) is 11.5. The predicted octanol–water partition coefficient (Wildman–Crippen LogP) is 3.86. The van der Waals surface area contributed by atoms with Crippen LogP contribution in [0.1, 0.15) is 68.8 Å². The molecule has 0 radical (unpaired) electrons. The molecule has 1 heterocycles. The molecule has 0 saturated carbocycles. The van der Waals surface area contributed by atoms with Gasteiger partial charge in [0.25, 0.3) is 0 Å². The van der Waals surface area contributed by atoms with Crippen LogP contribution in [0.2, 0.25) is 0 Å². The van der Waals surface area contributed by atoms with E-state index < -0.39 is 0 Å². The maximum absolute atomic E-state index is 11.5. The zero-order chi connectivity index (χ0) is 11.6. The molecule has 1 aromatic heterocycles. The minimum absolute atomic E-state index is 0.141. The van der Waals surface area contributed by atoms with E-state index in [1.807, 2.05) is 0 Å². The molecule has 0 aliphatic carbocycles. The number of hydrogen-bond donors (Lipinski definition) is 0. The van der Waals surface area contributed by atoms with E-state index in [0.717, 1.165) is 12.8 Å². The van der Waals surface area contributed by atoms with E-state index in [2.05, 4.69) is 16.5 Å². The second-order valence-electron chi connectivity index (χ2n) is 4.08. The van der Waals surface area contributed by atoms with Crippen LogP contribution in [0, 0.1) is 0 Å². The van der Waals surface area contributed by atoms with E-state index in [9.17, 15) is 4.79 Å². The molecule has 0 bridgehead atoms. The molecule has 3 nitrogen and oxygen atoms in total. The average Bonchev–Trinajstić information content (AvgIpc) is 2.81. The third-order valence-corrected chi connectivity index (χ3v) is 3.16. The summed E-state index contributed by atoms with van der Waals surface area (Å²) in [6, 6.07) is 0. The first-order chi connectivity index (χ1) is 7.84. The SMILES string of the molecule is CCCCCCCCCC(=O)c1csnn1. The molecule has 0 amide bonds. The van der Waals surface area contributed by atoms with Crippen molar-refractivity contribution in [1.82, 2.24) is 9.59 Å². The van der Waals surface area contributed by atoms with Crippen LogP contribution >= 0.6 is 11.5 Å². The van der Waals surface area contributed by atoms with E-state index in [0.29, 0.717) is 12.1 Å². The number of ketones is 1. The number of rotatable bonds is 9. The number of carbonyl (C=O) groups is 1. The highest BCUT2D eigenvalue weighted by Crippen LogP contribution is 2.10. The number of nitrogens with zero attached hydrogens (tertiary/aromatic N) is 2. The fourth-order valence-electron chi connectivity index (χ4n) is 1.66. The maximum Gasteiger partial charge on any atom is 0.183 e. The van der Waals surface area contributed by atoms with Gasteiger partial charge in [0, 0.05) is 11.8 Å². The third kappa shape index (κ3) is 5.35. The second kappa shape index (κ2) is 8.39. The maximum atomic E-state index is 11.5. The molecule has 1 rings (SSSR count). The van der Waals surface area contributed by atoms with E-state index >= 15 is 0 Å². The lowest BCUT2D eigenvalue weighted by Gasteiger charge is -1.99. The second-order valence-corrected chi connectivity index (χ2v) is 4.69.